The average Bonchev–Trinajstić information content (AvgIpc) is 2.53. The highest BCUT2D eigenvalue weighted by atomic mass is 19.4. The summed E-state index contributed by atoms with van der Waals surface area (Å²) in [5, 5.41) is 11.7. The SMILES string of the molecule is O=C(O)C1CCCN(C(=O)Nc2cccc(CCC(F)(F)F)c2)C1. The summed E-state index contributed by atoms with van der Waals surface area (Å²) >= 11 is 0. The minimum atomic E-state index is -4.22. The normalized spacial score (nSPS) is 18.3. The van der Waals surface area contributed by atoms with Gasteiger partial charge in [-0.1, -0.05) is 12.1 Å². The highest BCUT2D eigenvalue weighted by Crippen LogP contribution is 2.23. The number of nitrogens with one attached hydrogen (secondary N) is 1. The Bertz CT molecular complexity index is 604. The summed E-state index contributed by atoms with van der Waals surface area (Å²) in [4.78, 5) is 24.7. The molecule has 1 aliphatic heterocycles. The van der Waals surface area contributed by atoms with E-state index in [1.165, 1.54) is 11.0 Å². The first-order chi connectivity index (χ1) is 11.2. The van der Waals surface area contributed by atoms with E-state index in [-0.39, 0.29) is 13.0 Å². The molecule has 1 saturated heterocycles. The molecule has 2 amide bonds. The maximum absolute atomic E-state index is 12.3. The molecule has 1 unspecified atom stereocenters. The number of halogens is 3. The molecule has 0 aromatic heterocycles. The number of urea groups is 1. The third-order valence-corrected chi connectivity index (χ3v) is 3.93. The number of rotatable bonds is 4. The van der Waals surface area contributed by atoms with Crippen LogP contribution in [0.1, 0.15) is 24.8 Å². The Morgan fingerprint density at radius 3 is 2.75 bits per heavy atom. The van der Waals surface area contributed by atoms with Crippen molar-refractivity contribution in [2.75, 3.05) is 18.4 Å². The molecule has 0 bridgehead atoms. The molecule has 1 aliphatic rings. The molecular formula is C16H19F3N2O3. The van der Waals surface area contributed by atoms with E-state index in [2.05, 4.69) is 5.32 Å². The smallest absolute Gasteiger partial charge is 0.389 e. The first kappa shape index (κ1) is 18.1. The Kier molecular flexibility index (Phi) is 5.69. The number of carbonyl (C=O) groups excluding carboxylic acids is 1. The van der Waals surface area contributed by atoms with Gasteiger partial charge in [0, 0.05) is 25.2 Å². The number of carboxylic acids is 1. The van der Waals surface area contributed by atoms with Gasteiger partial charge in [-0.25, -0.2) is 4.79 Å². The molecule has 1 fully saturated rings. The second kappa shape index (κ2) is 7.55. The molecule has 0 aliphatic carbocycles. The van der Waals surface area contributed by atoms with Gasteiger partial charge >= 0.3 is 18.2 Å². The van der Waals surface area contributed by atoms with Gasteiger partial charge in [0.25, 0.3) is 0 Å². The van der Waals surface area contributed by atoms with Crippen LogP contribution in [-0.2, 0) is 11.2 Å². The third kappa shape index (κ3) is 5.43. The fraction of sp³-hybridized carbons (Fsp3) is 0.500. The molecule has 2 N–H and O–H groups in total. The van der Waals surface area contributed by atoms with Gasteiger partial charge in [0.1, 0.15) is 0 Å². The van der Waals surface area contributed by atoms with Crippen molar-refractivity contribution < 1.29 is 27.9 Å². The third-order valence-electron chi connectivity index (χ3n) is 3.93. The van der Waals surface area contributed by atoms with Crippen LogP contribution in [0.4, 0.5) is 23.7 Å². The number of amides is 2. The lowest BCUT2D eigenvalue weighted by molar-refractivity contribution is -0.143. The van der Waals surface area contributed by atoms with Crippen LogP contribution in [-0.4, -0.2) is 41.3 Å². The number of hydrogen-bond donors (Lipinski definition) is 2. The zero-order valence-electron chi connectivity index (χ0n) is 13.0. The largest absolute Gasteiger partial charge is 0.481 e. The van der Waals surface area contributed by atoms with Crippen molar-refractivity contribution in [3.63, 3.8) is 0 Å². The lowest BCUT2D eigenvalue weighted by Gasteiger charge is -2.30. The molecule has 2 rings (SSSR count). The van der Waals surface area contributed by atoms with Gasteiger partial charge < -0.3 is 15.3 Å². The molecule has 8 heteroatoms. The first-order valence-corrected chi connectivity index (χ1v) is 7.69. The summed E-state index contributed by atoms with van der Waals surface area (Å²) in [7, 11) is 0. The van der Waals surface area contributed by atoms with Gasteiger partial charge in [-0.05, 0) is 37.0 Å². The van der Waals surface area contributed by atoms with Crippen molar-refractivity contribution in [2.24, 2.45) is 5.92 Å². The van der Waals surface area contributed by atoms with E-state index < -0.39 is 30.5 Å². The highest BCUT2D eigenvalue weighted by Gasteiger charge is 2.28. The summed E-state index contributed by atoms with van der Waals surface area (Å²) in [5.74, 6) is -1.51. The Morgan fingerprint density at radius 1 is 1.33 bits per heavy atom. The van der Waals surface area contributed by atoms with Crippen LogP contribution in [0.2, 0.25) is 0 Å². The number of alkyl halides is 3. The number of anilines is 1. The van der Waals surface area contributed by atoms with Gasteiger partial charge in [-0.3, -0.25) is 4.79 Å². The van der Waals surface area contributed by atoms with Crippen LogP contribution in [0.5, 0.6) is 0 Å². The van der Waals surface area contributed by atoms with Crippen LogP contribution in [0.3, 0.4) is 0 Å². The molecule has 24 heavy (non-hydrogen) atoms. The molecule has 0 spiro atoms. The lowest BCUT2D eigenvalue weighted by atomic mass is 9.99. The Hall–Kier alpha value is -2.25. The minimum absolute atomic E-state index is 0.134. The number of carboxylic acid groups (broad SMARTS) is 1. The maximum atomic E-state index is 12.3. The van der Waals surface area contributed by atoms with E-state index in [4.69, 9.17) is 5.11 Å². The molecule has 1 aromatic rings. The summed E-state index contributed by atoms with van der Waals surface area (Å²) in [5.41, 5.74) is 0.879. The Labute approximate surface area is 137 Å². The average molecular weight is 344 g/mol. The van der Waals surface area contributed by atoms with Crippen molar-refractivity contribution in [1.82, 2.24) is 4.90 Å². The zero-order chi connectivity index (χ0) is 17.7. The summed E-state index contributed by atoms with van der Waals surface area (Å²) in [6, 6.07) is 5.81. The van der Waals surface area contributed by atoms with Crippen LogP contribution in [0.25, 0.3) is 0 Å². The minimum Gasteiger partial charge on any atom is -0.481 e. The van der Waals surface area contributed by atoms with Crippen molar-refractivity contribution >= 4 is 17.7 Å². The molecule has 132 valence electrons. The highest BCUT2D eigenvalue weighted by molar-refractivity contribution is 5.89. The number of piperidine rings is 1. The number of hydrogen-bond acceptors (Lipinski definition) is 2. The van der Waals surface area contributed by atoms with Crippen molar-refractivity contribution in [2.45, 2.75) is 31.9 Å². The number of aliphatic carboxylic acids is 1. The summed E-state index contributed by atoms with van der Waals surface area (Å²) in [6.07, 6.45) is -4.16. The predicted octanol–water partition coefficient (Wildman–Crippen LogP) is 3.51. The number of likely N-dealkylation sites (tertiary alicyclic amines) is 1. The molecule has 1 atom stereocenters. The molecule has 0 radical (unpaired) electrons. The number of nitrogens with zero attached hydrogens (tertiary/aromatic N) is 1. The van der Waals surface area contributed by atoms with Gasteiger partial charge in [-0.2, -0.15) is 13.2 Å². The summed E-state index contributed by atoms with van der Waals surface area (Å²) < 4.78 is 36.8. The number of benzene rings is 1. The van der Waals surface area contributed by atoms with Gasteiger partial charge in [0.05, 0.1) is 5.92 Å². The first-order valence-electron chi connectivity index (χ1n) is 7.69. The zero-order valence-corrected chi connectivity index (χ0v) is 13.0. The van der Waals surface area contributed by atoms with Gasteiger partial charge in [0.15, 0.2) is 0 Å². The van der Waals surface area contributed by atoms with Gasteiger partial charge in [-0.15, -0.1) is 0 Å². The van der Waals surface area contributed by atoms with Crippen molar-refractivity contribution in [3.8, 4) is 0 Å². The predicted molar refractivity (Wildman–Crippen MR) is 81.8 cm³/mol. The molecule has 1 heterocycles. The van der Waals surface area contributed by atoms with E-state index >= 15 is 0 Å². The van der Waals surface area contributed by atoms with E-state index in [0.717, 1.165) is 0 Å². The monoisotopic (exact) mass is 344 g/mol. The standard InChI is InChI=1S/C16H19F3N2O3/c17-16(18,19)7-6-11-3-1-5-13(9-11)20-15(24)21-8-2-4-12(10-21)14(22)23/h1,3,5,9,12H,2,4,6-8,10H2,(H,20,24)(H,22,23). The lowest BCUT2D eigenvalue weighted by Crippen LogP contribution is -2.44. The maximum Gasteiger partial charge on any atom is 0.389 e. The Morgan fingerprint density at radius 2 is 2.08 bits per heavy atom. The molecule has 1 aromatic carbocycles. The molecule has 0 saturated carbocycles. The van der Waals surface area contributed by atoms with Crippen molar-refractivity contribution in [1.29, 1.82) is 0 Å². The molecule has 5 nitrogen and oxygen atoms in total. The topological polar surface area (TPSA) is 69.6 Å². The second-order valence-electron chi connectivity index (χ2n) is 5.87. The van der Waals surface area contributed by atoms with Gasteiger partial charge in [0.2, 0.25) is 0 Å². The molecular weight excluding hydrogens is 325 g/mol. The van der Waals surface area contributed by atoms with Crippen LogP contribution in [0.15, 0.2) is 24.3 Å². The van der Waals surface area contributed by atoms with Crippen LogP contribution < -0.4 is 5.32 Å². The van der Waals surface area contributed by atoms with E-state index in [1.54, 1.807) is 18.2 Å². The fourth-order valence-electron chi connectivity index (χ4n) is 2.66. The van der Waals surface area contributed by atoms with E-state index in [9.17, 15) is 22.8 Å². The summed E-state index contributed by atoms with van der Waals surface area (Å²) in [6.45, 7) is 0.596. The number of carbonyl (C=O) groups is 2. The fourth-order valence-corrected chi connectivity index (χ4v) is 2.66. The van der Waals surface area contributed by atoms with Crippen molar-refractivity contribution in [3.05, 3.63) is 29.8 Å². The van der Waals surface area contributed by atoms with E-state index in [1.807, 2.05) is 0 Å². The van der Waals surface area contributed by atoms with E-state index in [0.29, 0.717) is 30.6 Å². The quantitative estimate of drug-likeness (QED) is 0.878. The second-order valence-corrected chi connectivity index (χ2v) is 5.87. The number of aryl methyl sites for hydroxylation is 1. The van der Waals surface area contributed by atoms with Crippen LogP contribution >= 0.6 is 0 Å². The Balaban J connectivity index is 1.95. The van der Waals surface area contributed by atoms with Crippen LogP contribution in [0, 0.1) is 5.92 Å².